The predicted molar refractivity (Wildman–Crippen MR) is 104 cm³/mol. The molecule has 1 heterocycles. The van der Waals surface area contributed by atoms with Crippen molar-refractivity contribution >= 4 is 17.1 Å². The lowest BCUT2D eigenvalue weighted by Gasteiger charge is -2.19. The molecule has 0 saturated heterocycles. The SMILES string of the molecule is CC(C)n1c(=O)n(C(=O)OC(C)(C)C)c2c(-c3ccccc3)cccc21. The van der Waals surface area contributed by atoms with E-state index in [1.807, 2.05) is 62.4 Å². The second-order valence-corrected chi connectivity index (χ2v) is 7.60. The van der Waals surface area contributed by atoms with Crippen LogP contribution in [0.5, 0.6) is 0 Å². The maximum atomic E-state index is 13.1. The molecule has 2 aromatic carbocycles. The highest BCUT2D eigenvalue weighted by Gasteiger charge is 2.26. The minimum Gasteiger partial charge on any atom is -0.443 e. The van der Waals surface area contributed by atoms with Gasteiger partial charge in [-0.05, 0) is 46.2 Å². The number of hydrogen-bond acceptors (Lipinski definition) is 3. The number of para-hydroxylation sites is 1. The average molecular weight is 352 g/mol. The van der Waals surface area contributed by atoms with Crippen molar-refractivity contribution in [3.8, 4) is 11.1 Å². The molecule has 0 bridgehead atoms. The Kier molecular flexibility index (Phi) is 4.48. The smallest absolute Gasteiger partial charge is 0.423 e. The van der Waals surface area contributed by atoms with E-state index in [0.29, 0.717) is 5.52 Å². The fraction of sp³-hybridized carbons (Fsp3) is 0.333. The van der Waals surface area contributed by atoms with Crippen LogP contribution in [0.15, 0.2) is 53.3 Å². The molecular formula is C21H24N2O3. The largest absolute Gasteiger partial charge is 0.443 e. The zero-order valence-electron chi connectivity index (χ0n) is 15.8. The van der Waals surface area contributed by atoms with Gasteiger partial charge in [-0.15, -0.1) is 0 Å². The molecule has 1 aromatic heterocycles. The van der Waals surface area contributed by atoms with Crippen LogP contribution in [-0.2, 0) is 4.74 Å². The Morgan fingerprint density at radius 3 is 2.23 bits per heavy atom. The highest BCUT2D eigenvalue weighted by molar-refractivity contribution is 5.97. The van der Waals surface area contributed by atoms with Gasteiger partial charge in [-0.1, -0.05) is 42.5 Å². The third kappa shape index (κ3) is 3.17. The molecule has 0 N–H and O–H groups in total. The molecule has 0 radical (unpaired) electrons. The van der Waals surface area contributed by atoms with Gasteiger partial charge in [0.05, 0.1) is 11.0 Å². The van der Waals surface area contributed by atoms with Crippen molar-refractivity contribution in [2.75, 3.05) is 0 Å². The van der Waals surface area contributed by atoms with E-state index in [2.05, 4.69) is 0 Å². The van der Waals surface area contributed by atoms with E-state index in [-0.39, 0.29) is 11.7 Å². The first-order valence-electron chi connectivity index (χ1n) is 8.75. The van der Waals surface area contributed by atoms with Crippen LogP contribution in [0.2, 0.25) is 0 Å². The Morgan fingerprint density at radius 1 is 1.00 bits per heavy atom. The fourth-order valence-corrected chi connectivity index (χ4v) is 3.09. The van der Waals surface area contributed by atoms with E-state index in [9.17, 15) is 9.59 Å². The summed E-state index contributed by atoms with van der Waals surface area (Å²) in [5, 5.41) is 0. The standard InChI is InChI=1S/C21H24N2O3/c1-14(2)22-17-13-9-12-16(15-10-7-6-8-11-15)18(17)23(19(22)24)20(25)26-21(3,4)5/h6-14H,1-5H3. The molecule has 0 unspecified atom stereocenters. The third-order valence-electron chi connectivity index (χ3n) is 4.07. The van der Waals surface area contributed by atoms with E-state index in [1.54, 1.807) is 25.3 Å². The number of aromatic nitrogens is 2. The van der Waals surface area contributed by atoms with Crippen molar-refractivity contribution in [1.82, 2.24) is 9.13 Å². The predicted octanol–water partition coefficient (Wildman–Crippen LogP) is 4.83. The summed E-state index contributed by atoms with van der Waals surface area (Å²) in [5.41, 5.74) is 1.99. The number of carbonyl (C=O) groups is 1. The van der Waals surface area contributed by atoms with Crippen LogP contribution in [0.3, 0.4) is 0 Å². The van der Waals surface area contributed by atoms with E-state index in [4.69, 9.17) is 4.74 Å². The van der Waals surface area contributed by atoms with Crippen molar-refractivity contribution in [3.63, 3.8) is 0 Å². The zero-order chi connectivity index (χ0) is 19.1. The highest BCUT2D eigenvalue weighted by Crippen LogP contribution is 2.29. The second-order valence-electron chi connectivity index (χ2n) is 7.60. The average Bonchev–Trinajstić information content (AvgIpc) is 2.86. The van der Waals surface area contributed by atoms with Gasteiger partial charge in [0.25, 0.3) is 0 Å². The first-order valence-corrected chi connectivity index (χ1v) is 8.75. The Hall–Kier alpha value is -2.82. The van der Waals surface area contributed by atoms with E-state index in [1.165, 1.54) is 0 Å². The van der Waals surface area contributed by atoms with Gasteiger partial charge in [0, 0.05) is 11.6 Å². The maximum Gasteiger partial charge on any atom is 0.423 e. The van der Waals surface area contributed by atoms with Crippen LogP contribution in [-0.4, -0.2) is 20.8 Å². The molecule has 0 atom stereocenters. The van der Waals surface area contributed by atoms with E-state index >= 15 is 0 Å². The van der Waals surface area contributed by atoms with Crippen LogP contribution >= 0.6 is 0 Å². The summed E-state index contributed by atoms with van der Waals surface area (Å²) in [7, 11) is 0. The molecule has 5 nitrogen and oxygen atoms in total. The Balaban J connectivity index is 2.37. The van der Waals surface area contributed by atoms with Crippen LogP contribution in [0, 0.1) is 0 Å². The zero-order valence-corrected chi connectivity index (χ0v) is 15.8. The summed E-state index contributed by atoms with van der Waals surface area (Å²) in [4.78, 5) is 25.9. The summed E-state index contributed by atoms with van der Waals surface area (Å²) >= 11 is 0. The lowest BCUT2D eigenvalue weighted by molar-refractivity contribution is 0.0537. The molecule has 3 rings (SSSR count). The monoisotopic (exact) mass is 352 g/mol. The van der Waals surface area contributed by atoms with Crippen molar-refractivity contribution in [2.24, 2.45) is 0 Å². The minimum absolute atomic E-state index is 0.0836. The molecule has 3 aromatic rings. The summed E-state index contributed by atoms with van der Waals surface area (Å²) in [6.07, 6.45) is -0.657. The lowest BCUT2D eigenvalue weighted by Crippen LogP contribution is -2.35. The van der Waals surface area contributed by atoms with Gasteiger partial charge in [0.1, 0.15) is 5.60 Å². The number of nitrogens with zero attached hydrogens (tertiary/aromatic N) is 2. The van der Waals surface area contributed by atoms with Crippen molar-refractivity contribution in [1.29, 1.82) is 0 Å². The highest BCUT2D eigenvalue weighted by atomic mass is 16.6. The van der Waals surface area contributed by atoms with Gasteiger partial charge in [-0.2, -0.15) is 4.57 Å². The molecule has 0 saturated carbocycles. The molecule has 136 valence electrons. The minimum atomic E-state index is -0.690. The summed E-state index contributed by atoms with van der Waals surface area (Å²) in [6.45, 7) is 9.21. The number of imidazole rings is 1. The van der Waals surface area contributed by atoms with Crippen LogP contribution in [0.4, 0.5) is 4.79 Å². The number of hydrogen-bond donors (Lipinski definition) is 0. The van der Waals surface area contributed by atoms with Crippen LogP contribution in [0.1, 0.15) is 40.7 Å². The number of ether oxygens (including phenoxy) is 1. The number of carbonyl (C=O) groups excluding carboxylic acids is 1. The molecule has 0 amide bonds. The third-order valence-corrected chi connectivity index (χ3v) is 4.07. The van der Waals surface area contributed by atoms with E-state index in [0.717, 1.165) is 21.2 Å². The quantitative estimate of drug-likeness (QED) is 0.663. The summed E-state index contributed by atoms with van der Waals surface area (Å²) in [5.74, 6) is 0. The van der Waals surface area contributed by atoms with Gasteiger partial charge >= 0.3 is 11.8 Å². The molecule has 5 heteroatoms. The van der Waals surface area contributed by atoms with Gasteiger partial charge in [0.15, 0.2) is 0 Å². The van der Waals surface area contributed by atoms with Gasteiger partial charge in [0.2, 0.25) is 0 Å². The normalized spacial score (nSPS) is 11.9. The summed E-state index contributed by atoms with van der Waals surface area (Å²) < 4.78 is 8.29. The Bertz CT molecular complexity index is 1010. The van der Waals surface area contributed by atoms with Crippen molar-refractivity contribution in [2.45, 2.75) is 46.3 Å². The molecule has 0 aliphatic heterocycles. The van der Waals surface area contributed by atoms with Gasteiger partial charge < -0.3 is 4.74 Å². The van der Waals surface area contributed by atoms with Crippen LogP contribution in [0.25, 0.3) is 22.2 Å². The first kappa shape index (κ1) is 18.0. The maximum absolute atomic E-state index is 13.1. The molecule has 26 heavy (non-hydrogen) atoms. The first-order chi connectivity index (χ1) is 12.2. The number of benzene rings is 2. The number of fused-ring (bicyclic) bond motifs is 1. The van der Waals surface area contributed by atoms with Gasteiger partial charge in [-0.3, -0.25) is 4.57 Å². The fourth-order valence-electron chi connectivity index (χ4n) is 3.09. The van der Waals surface area contributed by atoms with Gasteiger partial charge in [-0.25, -0.2) is 9.59 Å². The summed E-state index contributed by atoms with van der Waals surface area (Å²) in [6, 6.07) is 15.3. The second kappa shape index (κ2) is 6.48. The lowest BCUT2D eigenvalue weighted by atomic mass is 10.0. The molecule has 0 aliphatic rings. The molecule has 0 fully saturated rings. The topological polar surface area (TPSA) is 53.2 Å². The van der Waals surface area contributed by atoms with Crippen LogP contribution < -0.4 is 5.69 Å². The van der Waals surface area contributed by atoms with Crippen molar-refractivity contribution < 1.29 is 9.53 Å². The number of rotatable bonds is 2. The molecule has 0 aliphatic carbocycles. The van der Waals surface area contributed by atoms with Crippen molar-refractivity contribution in [3.05, 3.63) is 59.0 Å². The Morgan fingerprint density at radius 2 is 1.65 bits per heavy atom. The molecular weight excluding hydrogens is 328 g/mol. The molecule has 0 spiro atoms. The Labute approximate surface area is 152 Å². The van der Waals surface area contributed by atoms with E-state index < -0.39 is 11.7 Å².